The van der Waals surface area contributed by atoms with E-state index in [0.717, 1.165) is 21.5 Å². The number of ether oxygens (including phenoxy) is 3. The Bertz CT molecular complexity index is 1180. The predicted molar refractivity (Wildman–Crippen MR) is 122 cm³/mol. The molecule has 0 N–H and O–H groups in total. The molecule has 0 radical (unpaired) electrons. The summed E-state index contributed by atoms with van der Waals surface area (Å²) in [5.41, 5.74) is 1.79. The van der Waals surface area contributed by atoms with E-state index in [-0.39, 0.29) is 12.5 Å². The number of carbonyl (C=O) groups is 1. The Morgan fingerprint density at radius 2 is 1.68 bits per heavy atom. The van der Waals surface area contributed by atoms with Crippen molar-refractivity contribution in [3.63, 3.8) is 0 Å². The maximum atomic E-state index is 13.2. The van der Waals surface area contributed by atoms with Crippen molar-refractivity contribution in [3.05, 3.63) is 78.4 Å². The minimum atomic E-state index is -0.194. The van der Waals surface area contributed by atoms with E-state index in [1.165, 1.54) is 11.3 Å². The lowest BCUT2D eigenvalue weighted by molar-refractivity contribution is -0.120. The number of rotatable bonds is 8. The van der Waals surface area contributed by atoms with Crippen molar-refractivity contribution in [3.8, 4) is 17.2 Å². The van der Waals surface area contributed by atoms with Crippen LogP contribution in [-0.2, 0) is 11.3 Å². The third kappa shape index (κ3) is 4.78. The molecule has 0 saturated heterocycles. The lowest BCUT2D eigenvalue weighted by atomic mass is 10.2. The van der Waals surface area contributed by atoms with Crippen LogP contribution in [0.15, 0.2) is 72.8 Å². The van der Waals surface area contributed by atoms with Crippen LogP contribution in [0.3, 0.4) is 0 Å². The van der Waals surface area contributed by atoms with E-state index in [1.807, 2.05) is 60.7 Å². The maximum absolute atomic E-state index is 13.2. The molecule has 0 aliphatic heterocycles. The van der Waals surface area contributed by atoms with Gasteiger partial charge in [-0.2, -0.15) is 0 Å². The predicted octanol–water partition coefficient (Wildman–Crippen LogP) is 4.93. The number of para-hydroxylation sites is 2. The van der Waals surface area contributed by atoms with E-state index in [4.69, 9.17) is 19.2 Å². The quantitative estimate of drug-likeness (QED) is 0.394. The van der Waals surface area contributed by atoms with Crippen LogP contribution in [0.25, 0.3) is 10.2 Å². The highest BCUT2D eigenvalue weighted by atomic mass is 32.1. The highest BCUT2D eigenvalue weighted by Gasteiger charge is 2.21. The Kier molecular flexibility index (Phi) is 6.33. The van der Waals surface area contributed by atoms with E-state index >= 15 is 0 Å². The van der Waals surface area contributed by atoms with Gasteiger partial charge in [0.15, 0.2) is 23.2 Å². The molecule has 0 aliphatic carbocycles. The van der Waals surface area contributed by atoms with E-state index in [0.29, 0.717) is 23.2 Å². The van der Waals surface area contributed by atoms with Crippen LogP contribution in [0.2, 0.25) is 0 Å². The van der Waals surface area contributed by atoms with Gasteiger partial charge in [0.1, 0.15) is 5.75 Å². The fraction of sp³-hybridized carbons (Fsp3) is 0.167. The van der Waals surface area contributed by atoms with Crippen LogP contribution in [0.5, 0.6) is 17.2 Å². The zero-order valence-electron chi connectivity index (χ0n) is 17.3. The molecule has 31 heavy (non-hydrogen) atoms. The first kappa shape index (κ1) is 20.7. The van der Waals surface area contributed by atoms with Gasteiger partial charge in [-0.15, -0.1) is 0 Å². The monoisotopic (exact) mass is 434 g/mol. The Labute approximate surface area is 184 Å². The van der Waals surface area contributed by atoms with Crippen molar-refractivity contribution < 1.29 is 19.0 Å². The molecule has 1 amide bonds. The molecule has 4 rings (SSSR count). The van der Waals surface area contributed by atoms with Crippen molar-refractivity contribution in [1.29, 1.82) is 0 Å². The molecular weight excluding hydrogens is 412 g/mol. The normalized spacial score (nSPS) is 10.6. The molecule has 0 fully saturated rings. The number of benzene rings is 3. The van der Waals surface area contributed by atoms with E-state index < -0.39 is 0 Å². The molecule has 1 heterocycles. The number of amides is 1. The van der Waals surface area contributed by atoms with Gasteiger partial charge in [0, 0.05) is 6.07 Å². The van der Waals surface area contributed by atoms with Crippen molar-refractivity contribution in [2.45, 2.75) is 6.54 Å². The number of anilines is 1. The summed E-state index contributed by atoms with van der Waals surface area (Å²) in [6, 6.07) is 22.8. The van der Waals surface area contributed by atoms with Crippen molar-refractivity contribution >= 4 is 32.6 Å². The third-order valence-corrected chi connectivity index (χ3v) is 5.78. The van der Waals surface area contributed by atoms with Crippen LogP contribution < -0.4 is 19.1 Å². The Morgan fingerprint density at radius 1 is 0.935 bits per heavy atom. The van der Waals surface area contributed by atoms with Gasteiger partial charge < -0.3 is 14.2 Å². The van der Waals surface area contributed by atoms with Crippen molar-refractivity contribution in [1.82, 2.24) is 4.98 Å². The molecule has 3 aromatic carbocycles. The van der Waals surface area contributed by atoms with Gasteiger partial charge in [0.2, 0.25) is 0 Å². The minimum absolute atomic E-state index is 0.132. The average molecular weight is 435 g/mol. The summed E-state index contributed by atoms with van der Waals surface area (Å²) in [5.74, 6) is 1.63. The van der Waals surface area contributed by atoms with Crippen LogP contribution in [0.1, 0.15) is 5.56 Å². The zero-order chi connectivity index (χ0) is 21.6. The van der Waals surface area contributed by atoms with E-state index in [2.05, 4.69) is 0 Å². The van der Waals surface area contributed by atoms with E-state index in [9.17, 15) is 4.79 Å². The van der Waals surface area contributed by atoms with Gasteiger partial charge in [-0.1, -0.05) is 53.8 Å². The van der Waals surface area contributed by atoms with Crippen LogP contribution in [0, 0.1) is 0 Å². The first-order valence-electron chi connectivity index (χ1n) is 9.72. The average Bonchev–Trinajstić information content (AvgIpc) is 3.24. The number of hydrogen-bond donors (Lipinski definition) is 0. The van der Waals surface area contributed by atoms with Crippen LogP contribution in [0.4, 0.5) is 5.13 Å². The lowest BCUT2D eigenvalue weighted by Crippen LogP contribution is -2.34. The van der Waals surface area contributed by atoms with Gasteiger partial charge in [-0.05, 0) is 29.8 Å². The summed E-state index contributed by atoms with van der Waals surface area (Å²) in [4.78, 5) is 19.6. The first-order chi connectivity index (χ1) is 15.2. The molecule has 0 atom stereocenters. The number of thiazole rings is 1. The number of carbonyl (C=O) groups excluding carboxylic acids is 1. The van der Waals surface area contributed by atoms with Crippen LogP contribution in [-0.4, -0.2) is 31.7 Å². The Balaban J connectivity index is 1.61. The highest BCUT2D eigenvalue weighted by Crippen LogP contribution is 2.32. The number of aromatic nitrogens is 1. The van der Waals surface area contributed by atoms with Crippen molar-refractivity contribution in [2.24, 2.45) is 0 Å². The molecule has 1 aromatic heterocycles. The van der Waals surface area contributed by atoms with Gasteiger partial charge in [0.25, 0.3) is 5.91 Å². The lowest BCUT2D eigenvalue weighted by Gasteiger charge is -2.20. The Morgan fingerprint density at radius 3 is 2.42 bits per heavy atom. The zero-order valence-corrected chi connectivity index (χ0v) is 18.1. The summed E-state index contributed by atoms with van der Waals surface area (Å²) in [5, 5.41) is 0.612. The van der Waals surface area contributed by atoms with Crippen LogP contribution >= 0.6 is 11.3 Å². The van der Waals surface area contributed by atoms with Gasteiger partial charge in [0.05, 0.1) is 31.0 Å². The number of nitrogens with zero attached hydrogens (tertiary/aromatic N) is 2. The molecular formula is C24H22N2O4S. The molecule has 0 aliphatic rings. The largest absolute Gasteiger partial charge is 0.497 e. The smallest absolute Gasteiger partial charge is 0.267 e. The molecule has 0 unspecified atom stereocenters. The Hall–Kier alpha value is -3.58. The number of hydrogen-bond acceptors (Lipinski definition) is 6. The summed E-state index contributed by atoms with van der Waals surface area (Å²) in [6.45, 7) is 0.262. The highest BCUT2D eigenvalue weighted by molar-refractivity contribution is 7.22. The maximum Gasteiger partial charge on any atom is 0.267 e. The second kappa shape index (κ2) is 9.49. The number of fused-ring (bicyclic) bond motifs is 1. The molecule has 6 nitrogen and oxygen atoms in total. The molecule has 4 aromatic rings. The fourth-order valence-electron chi connectivity index (χ4n) is 3.12. The third-order valence-electron chi connectivity index (χ3n) is 4.72. The molecule has 158 valence electrons. The van der Waals surface area contributed by atoms with E-state index in [1.54, 1.807) is 31.3 Å². The summed E-state index contributed by atoms with van der Waals surface area (Å²) < 4.78 is 17.4. The standard InChI is InChI=1S/C24H22N2O4S/c1-28-18-12-13-22-19(14-18)25-24(31-22)26(15-17-8-4-3-5-9-17)23(27)16-30-21-11-7-6-10-20(21)29-2/h3-14H,15-16H2,1-2H3. The summed E-state index contributed by atoms with van der Waals surface area (Å²) in [7, 11) is 3.19. The molecule has 0 bridgehead atoms. The SMILES string of the molecule is COc1ccc2sc(N(Cc3ccccc3)C(=O)COc3ccccc3OC)nc2c1. The van der Waals surface area contributed by atoms with Gasteiger partial charge in [-0.25, -0.2) is 4.98 Å². The first-order valence-corrected chi connectivity index (χ1v) is 10.5. The minimum Gasteiger partial charge on any atom is -0.497 e. The summed E-state index contributed by atoms with van der Waals surface area (Å²) >= 11 is 1.46. The van der Waals surface area contributed by atoms with Gasteiger partial charge in [-0.3, -0.25) is 9.69 Å². The fourth-order valence-corrected chi connectivity index (χ4v) is 4.08. The molecule has 0 spiro atoms. The topological polar surface area (TPSA) is 60.9 Å². The second-order valence-electron chi connectivity index (χ2n) is 6.74. The number of methoxy groups -OCH3 is 2. The van der Waals surface area contributed by atoms with Gasteiger partial charge >= 0.3 is 0 Å². The molecule has 7 heteroatoms. The molecule has 0 saturated carbocycles. The summed E-state index contributed by atoms with van der Waals surface area (Å²) in [6.07, 6.45) is 0. The van der Waals surface area contributed by atoms with Crippen molar-refractivity contribution in [2.75, 3.05) is 25.7 Å². The second-order valence-corrected chi connectivity index (χ2v) is 7.74.